The number of hydrogen-bond acceptors (Lipinski definition) is 4. The van der Waals surface area contributed by atoms with Crippen molar-refractivity contribution in [3.05, 3.63) is 24.1 Å². The van der Waals surface area contributed by atoms with Gasteiger partial charge in [-0.15, -0.1) is 5.10 Å². The average molecular weight is 235 g/mol. The van der Waals surface area contributed by atoms with Gasteiger partial charge in [-0.05, 0) is 18.1 Å². The molecule has 0 radical (unpaired) electrons. The van der Waals surface area contributed by atoms with Crippen LogP contribution in [0.2, 0.25) is 0 Å². The molecule has 0 saturated carbocycles. The van der Waals surface area contributed by atoms with E-state index in [1.165, 1.54) is 16.8 Å². The molecule has 2 atom stereocenters. The minimum absolute atomic E-state index is 0.151. The van der Waals surface area contributed by atoms with E-state index in [1.807, 2.05) is 4.90 Å². The molecule has 0 amide bonds. The number of pyridine rings is 1. The van der Waals surface area contributed by atoms with E-state index in [0.29, 0.717) is 17.5 Å². The number of halogens is 1. The van der Waals surface area contributed by atoms with Crippen molar-refractivity contribution in [2.75, 3.05) is 18.0 Å². The molecule has 6 heteroatoms. The smallest absolute Gasteiger partial charge is 0.245 e. The molecule has 1 aliphatic heterocycles. The maximum Gasteiger partial charge on any atom is 0.245 e. The standard InChI is InChI=1S/C11H14FN5/c1-7-4-16(6-9(7)13)11-14-10-3-2-8(12)5-17(10)15-11/h2-3,5,7,9H,4,6,13H2,1H3. The zero-order chi connectivity index (χ0) is 12.0. The Kier molecular flexibility index (Phi) is 2.25. The van der Waals surface area contributed by atoms with Gasteiger partial charge in [-0.1, -0.05) is 6.92 Å². The summed E-state index contributed by atoms with van der Waals surface area (Å²) in [5, 5.41) is 4.26. The zero-order valence-corrected chi connectivity index (χ0v) is 9.55. The van der Waals surface area contributed by atoms with Crippen LogP contribution in [0, 0.1) is 11.7 Å². The molecule has 0 bridgehead atoms. The Balaban J connectivity index is 1.96. The summed E-state index contributed by atoms with van der Waals surface area (Å²) in [5.41, 5.74) is 6.61. The van der Waals surface area contributed by atoms with Crippen molar-refractivity contribution < 1.29 is 4.39 Å². The Labute approximate surface area is 98.0 Å². The van der Waals surface area contributed by atoms with Crippen LogP contribution in [-0.4, -0.2) is 33.7 Å². The van der Waals surface area contributed by atoms with E-state index >= 15 is 0 Å². The van der Waals surface area contributed by atoms with Gasteiger partial charge < -0.3 is 10.6 Å². The van der Waals surface area contributed by atoms with Crippen LogP contribution in [-0.2, 0) is 0 Å². The molecule has 1 fully saturated rings. The lowest BCUT2D eigenvalue weighted by atomic mass is 10.1. The van der Waals surface area contributed by atoms with Crippen LogP contribution in [0.25, 0.3) is 5.65 Å². The molecule has 17 heavy (non-hydrogen) atoms. The van der Waals surface area contributed by atoms with Gasteiger partial charge in [0.2, 0.25) is 5.95 Å². The highest BCUT2D eigenvalue weighted by Crippen LogP contribution is 2.20. The van der Waals surface area contributed by atoms with Crippen LogP contribution in [0.5, 0.6) is 0 Å². The Morgan fingerprint density at radius 1 is 1.41 bits per heavy atom. The van der Waals surface area contributed by atoms with E-state index in [2.05, 4.69) is 17.0 Å². The molecule has 2 aromatic rings. The number of nitrogens with zero attached hydrogens (tertiary/aromatic N) is 4. The van der Waals surface area contributed by atoms with Crippen molar-refractivity contribution in [1.82, 2.24) is 14.6 Å². The molecule has 2 aromatic heterocycles. The first-order valence-corrected chi connectivity index (χ1v) is 5.66. The van der Waals surface area contributed by atoms with Gasteiger partial charge in [0.05, 0.1) is 6.20 Å². The van der Waals surface area contributed by atoms with Crippen molar-refractivity contribution in [2.45, 2.75) is 13.0 Å². The third kappa shape index (κ3) is 1.74. The van der Waals surface area contributed by atoms with Crippen LogP contribution in [0.1, 0.15) is 6.92 Å². The number of hydrogen-bond donors (Lipinski definition) is 1. The lowest BCUT2D eigenvalue weighted by Gasteiger charge is -2.11. The molecule has 2 N–H and O–H groups in total. The molecule has 3 rings (SSSR count). The summed E-state index contributed by atoms with van der Waals surface area (Å²) in [4.78, 5) is 6.40. The first-order valence-electron chi connectivity index (χ1n) is 5.66. The van der Waals surface area contributed by atoms with Crippen LogP contribution >= 0.6 is 0 Å². The molecule has 0 spiro atoms. The molecule has 90 valence electrons. The molecule has 0 aromatic carbocycles. The maximum atomic E-state index is 13.0. The van der Waals surface area contributed by atoms with Gasteiger partial charge in [0.1, 0.15) is 5.82 Å². The number of anilines is 1. The summed E-state index contributed by atoms with van der Waals surface area (Å²) in [5.74, 6) is 0.731. The molecule has 2 unspecified atom stereocenters. The fourth-order valence-corrected chi connectivity index (χ4v) is 2.14. The molecule has 1 aliphatic rings. The zero-order valence-electron chi connectivity index (χ0n) is 9.55. The first-order chi connectivity index (χ1) is 8.13. The Bertz CT molecular complexity index is 542. The predicted molar refractivity (Wildman–Crippen MR) is 62.3 cm³/mol. The van der Waals surface area contributed by atoms with Crippen molar-refractivity contribution >= 4 is 11.6 Å². The lowest BCUT2D eigenvalue weighted by molar-refractivity contribution is 0.565. The van der Waals surface area contributed by atoms with Crippen molar-refractivity contribution in [3.63, 3.8) is 0 Å². The summed E-state index contributed by atoms with van der Waals surface area (Å²) < 4.78 is 14.5. The molecule has 1 saturated heterocycles. The Hall–Kier alpha value is -1.69. The SMILES string of the molecule is CC1CN(c2nc3ccc(F)cn3n2)CC1N. The van der Waals surface area contributed by atoms with Crippen molar-refractivity contribution in [1.29, 1.82) is 0 Å². The van der Waals surface area contributed by atoms with Gasteiger partial charge in [-0.3, -0.25) is 0 Å². The van der Waals surface area contributed by atoms with Crippen LogP contribution in [0.4, 0.5) is 10.3 Å². The van der Waals surface area contributed by atoms with E-state index in [-0.39, 0.29) is 11.9 Å². The lowest BCUT2D eigenvalue weighted by Crippen LogP contribution is -2.28. The van der Waals surface area contributed by atoms with Gasteiger partial charge in [0, 0.05) is 19.1 Å². The second kappa shape index (κ2) is 3.66. The maximum absolute atomic E-state index is 13.0. The Morgan fingerprint density at radius 3 is 2.94 bits per heavy atom. The second-order valence-corrected chi connectivity index (χ2v) is 4.61. The second-order valence-electron chi connectivity index (χ2n) is 4.61. The molecular formula is C11H14FN5. The summed E-state index contributed by atoms with van der Waals surface area (Å²) >= 11 is 0. The number of fused-ring (bicyclic) bond motifs is 1. The summed E-state index contributed by atoms with van der Waals surface area (Å²) in [6.07, 6.45) is 1.32. The fraction of sp³-hybridized carbons (Fsp3) is 0.455. The minimum Gasteiger partial charge on any atom is -0.338 e. The molecule has 5 nitrogen and oxygen atoms in total. The number of nitrogens with two attached hydrogens (primary N) is 1. The highest BCUT2D eigenvalue weighted by atomic mass is 19.1. The van der Waals surface area contributed by atoms with Crippen LogP contribution in [0.15, 0.2) is 18.3 Å². The third-order valence-electron chi connectivity index (χ3n) is 3.24. The van der Waals surface area contributed by atoms with E-state index < -0.39 is 0 Å². The summed E-state index contributed by atoms with van der Waals surface area (Å²) in [6.45, 7) is 3.71. The third-order valence-corrected chi connectivity index (χ3v) is 3.24. The fourth-order valence-electron chi connectivity index (χ4n) is 2.14. The van der Waals surface area contributed by atoms with E-state index in [0.717, 1.165) is 13.1 Å². The van der Waals surface area contributed by atoms with Crippen LogP contribution < -0.4 is 10.6 Å². The molecule has 3 heterocycles. The predicted octanol–water partition coefficient (Wildman–Crippen LogP) is 0.652. The van der Waals surface area contributed by atoms with Gasteiger partial charge in [0.15, 0.2) is 5.65 Å². The monoisotopic (exact) mass is 235 g/mol. The highest BCUT2D eigenvalue weighted by Gasteiger charge is 2.28. The quantitative estimate of drug-likeness (QED) is 0.788. The topological polar surface area (TPSA) is 59.5 Å². The number of aromatic nitrogens is 3. The highest BCUT2D eigenvalue weighted by molar-refractivity contribution is 5.45. The summed E-state index contributed by atoms with van der Waals surface area (Å²) in [7, 11) is 0. The minimum atomic E-state index is -0.319. The van der Waals surface area contributed by atoms with E-state index in [1.54, 1.807) is 6.07 Å². The van der Waals surface area contributed by atoms with Crippen molar-refractivity contribution in [3.8, 4) is 0 Å². The van der Waals surface area contributed by atoms with E-state index in [9.17, 15) is 4.39 Å². The molecular weight excluding hydrogens is 221 g/mol. The van der Waals surface area contributed by atoms with Gasteiger partial charge >= 0.3 is 0 Å². The van der Waals surface area contributed by atoms with Crippen LogP contribution in [0.3, 0.4) is 0 Å². The van der Waals surface area contributed by atoms with Gasteiger partial charge in [-0.25, -0.2) is 8.91 Å². The van der Waals surface area contributed by atoms with Crippen molar-refractivity contribution in [2.24, 2.45) is 11.7 Å². The normalized spacial score (nSPS) is 24.8. The number of rotatable bonds is 1. The first kappa shape index (κ1) is 10.5. The van der Waals surface area contributed by atoms with E-state index in [4.69, 9.17) is 5.73 Å². The average Bonchev–Trinajstić information content (AvgIpc) is 2.83. The molecule has 0 aliphatic carbocycles. The van der Waals surface area contributed by atoms with Gasteiger partial charge in [-0.2, -0.15) is 4.98 Å². The summed E-state index contributed by atoms with van der Waals surface area (Å²) in [6, 6.07) is 3.15. The largest absolute Gasteiger partial charge is 0.338 e. The van der Waals surface area contributed by atoms with Gasteiger partial charge in [0.25, 0.3) is 0 Å². The Morgan fingerprint density at radius 2 is 2.24 bits per heavy atom.